The summed E-state index contributed by atoms with van der Waals surface area (Å²) in [6.07, 6.45) is 4.29. The molecule has 4 nitrogen and oxygen atoms in total. The predicted molar refractivity (Wildman–Crippen MR) is 76.7 cm³/mol. The molecule has 1 aliphatic carbocycles. The molecule has 0 spiro atoms. The van der Waals surface area contributed by atoms with Crippen LogP contribution in [0.1, 0.15) is 43.2 Å². The van der Waals surface area contributed by atoms with Crippen LogP contribution in [-0.4, -0.2) is 25.3 Å². The van der Waals surface area contributed by atoms with E-state index in [1.165, 1.54) is 0 Å². The molecule has 110 valence electrons. The number of carbonyl (C=O) groups is 1. The third-order valence-corrected chi connectivity index (χ3v) is 4.41. The summed E-state index contributed by atoms with van der Waals surface area (Å²) in [5.41, 5.74) is 0.810. The maximum atomic E-state index is 12.0. The predicted octanol–water partition coefficient (Wildman–Crippen LogP) is 3.30. The average Bonchev–Trinajstić information content (AvgIpc) is 2.47. The molecule has 20 heavy (non-hydrogen) atoms. The van der Waals surface area contributed by atoms with Crippen LogP contribution in [0.5, 0.6) is 11.5 Å². The molecule has 1 aromatic carbocycles. The molecule has 1 N–H and O–H groups in total. The number of carboxylic acid groups (broad SMARTS) is 1. The van der Waals surface area contributed by atoms with Crippen molar-refractivity contribution in [3.63, 3.8) is 0 Å². The summed E-state index contributed by atoms with van der Waals surface area (Å²) in [4.78, 5) is 12.0. The van der Waals surface area contributed by atoms with E-state index in [4.69, 9.17) is 9.47 Å². The van der Waals surface area contributed by atoms with Crippen LogP contribution < -0.4 is 9.47 Å². The Kier molecular flexibility index (Phi) is 4.21. The van der Waals surface area contributed by atoms with Gasteiger partial charge >= 0.3 is 5.97 Å². The lowest BCUT2D eigenvalue weighted by Gasteiger charge is -2.36. The van der Waals surface area contributed by atoms with Gasteiger partial charge in [-0.3, -0.25) is 4.79 Å². The Morgan fingerprint density at radius 2 is 1.65 bits per heavy atom. The largest absolute Gasteiger partial charge is 0.496 e. The van der Waals surface area contributed by atoms with E-state index in [1.54, 1.807) is 20.3 Å². The number of aliphatic carboxylic acids is 1. The molecule has 1 aliphatic rings. The number of rotatable bonds is 4. The monoisotopic (exact) mass is 278 g/mol. The first kappa shape index (κ1) is 14.7. The first-order valence-corrected chi connectivity index (χ1v) is 7.02. The minimum absolute atomic E-state index is 0.646. The number of ether oxygens (including phenoxy) is 2. The summed E-state index contributed by atoms with van der Waals surface area (Å²) in [6, 6.07) is 3.64. The van der Waals surface area contributed by atoms with Gasteiger partial charge in [0.2, 0.25) is 0 Å². The van der Waals surface area contributed by atoms with E-state index < -0.39 is 11.4 Å². The van der Waals surface area contributed by atoms with Gasteiger partial charge in [-0.05, 0) is 37.5 Å². The third kappa shape index (κ3) is 2.23. The Labute approximate surface area is 119 Å². The molecule has 0 aromatic heterocycles. The van der Waals surface area contributed by atoms with Crippen LogP contribution >= 0.6 is 0 Å². The zero-order chi connectivity index (χ0) is 14.8. The standard InChI is InChI=1S/C16H22O4/c1-11-12(19-2)7-8-13(20-3)14(11)16(15(17)18)9-5-4-6-10-16/h7-8H,4-6,9-10H2,1-3H3,(H,17,18). The van der Waals surface area contributed by atoms with E-state index in [0.717, 1.165) is 30.4 Å². The topological polar surface area (TPSA) is 55.8 Å². The second-order valence-electron chi connectivity index (χ2n) is 5.42. The van der Waals surface area contributed by atoms with E-state index in [9.17, 15) is 9.90 Å². The van der Waals surface area contributed by atoms with Crippen LogP contribution in [0.25, 0.3) is 0 Å². The fourth-order valence-electron chi connectivity index (χ4n) is 3.38. The molecule has 0 bridgehead atoms. The normalized spacial score (nSPS) is 17.6. The summed E-state index contributed by atoms with van der Waals surface area (Å²) in [6.45, 7) is 1.91. The van der Waals surface area contributed by atoms with E-state index in [1.807, 2.05) is 13.0 Å². The Balaban J connectivity index is 2.66. The second-order valence-corrected chi connectivity index (χ2v) is 5.42. The molecule has 4 heteroatoms. The Bertz CT molecular complexity index is 501. The number of carboxylic acids is 1. The lowest BCUT2D eigenvalue weighted by Crippen LogP contribution is -2.39. The zero-order valence-corrected chi connectivity index (χ0v) is 12.4. The van der Waals surface area contributed by atoms with Crippen molar-refractivity contribution in [2.45, 2.75) is 44.4 Å². The van der Waals surface area contributed by atoms with Crippen LogP contribution in [0.15, 0.2) is 12.1 Å². The van der Waals surface area contributed by atoms with Crippen molar-refractivity contribution in [2.75, 3.05) is 14.2 Å². The molecule has 0 amide bonds. The van der Waals surface area contributed by atoms with Crippen molar-refractivity contribution in [3.05, 3.63) is 23.3 Å². The van der Waals surface area contributed by atoms with Crippen molar-refractivity contribution >= 4 is 5.97 Å². The molecule has 0 unspecified atom stereocenters. The van der Waals surface area contributed by atoms with Gasteiger partial charge in [-0.2, -0.15) is 0 Å². The van der Waals surface area contributed by atoms with Gasteiger partial charge in [0.1, 0.15) is 11.5 Å². The minimum Gasteiger partial charge on any atom is -0.496 e. The third-order valence-electron chi connectivity index (χ3n) is 4.41. The zero-order valence-electron chi connectivity index (χ0n) is 12.4. The highest BCUT2D eigenvalue weighted by Gasteiger charge is 2.44. The van der Waals surface area contributed by atoms with Gasteiger partial charge in [0.15, 0.2) is 0 Å². The summed E-state index contributed by atoms with van der Waals surface area (Å²) < 4.78 is 10.8. The summed E-state index contributed by atoms with van der Waals surface area (Å²) in [5, 5.41) is 9.85. The van der Waals surface area contributed by atoms with Crippen molar-refractivity contribution in [3.8, 4) is 11.5 Å². The van der Waals surface area contributed by atoms with Gasteiger partial charge in [-0.25, -0.2) is 0 Å². The van der Waals surface area contributed by atoms with Crippen LogP contribution in [0.3, 0.4) is 0 Å². The van der Waals surface area contributed by atoms with Gasteiger partial charge < -0.3 is 14.6 Å². The fourth-order valence-corrected chi connectivity index (χ4v) is 3.38. The highest BCUT2D eigenvalue weighted by atomic mass is 16.5. The van der Waals surface area contributed by atoms with Gasteiger partial charge in [0, 0.05) is 5.56 Å². The summed E-state index contributed by atoms with van der Waals surface area (Å²) >= 11 is 0. The van der Waals surface area contributed by atoms with E-state index in [0.29, 0.717) is 24.3 Å². The van der Waals surface area contributed by atoms with Crippen LogP contribution in [0, 0.1) is 6.92 Å². The van der Waals surface area contributed by atoms with Crippen molar-refractivity contribution in [1.82, 2.24) is 0 Å². The maximum Gasteiger partial charge on any atom is 0.314 e. The van der Waals surface area contributed by atoms with Crippen LogP contribution in [0.4, 0.5) is 0 Å². The van der Waals surface area contributed by atoms with Crippen molar-refractivity contribution in [1.29, 1.82) is 0 Å². The van der Waals surface area contributed by atoms with Gasteiger partial charge in [-0.15, -0.1) is 0 Å². The number of hydrogen-bond acceptors (Lipinski definition) is 3. The first-order chi connectivity index (χ1) is 9.56. The van der Waals surface area contributed by atoms with E-state index in [2.05, 4.69) is 0 Å². The van der Waals surface area contributed by atoms with Gasteiger partial charge in [0.05, 0.1) is 19.6 Å². The summed E-state index contributed by atoms with van der Waals surface area (Å²) in [5.74, 6) is 0.603. The number of benzene rings is 1. The number of hydrogen-bond donors (Lipinski definition) is 1. The molecule has 1 aromatic rings. The maximum absolute atomic E-state index is 12.0. The lowest BCUT2D eigenvalue weighted by atomic mass is 9.68. The molecule has 0 heterocycles. The van der Waals surface area contributed by atoms with Gasteiger partial charge in [0.25, 0.3) is 0 Å². The Morgan fingerprint density at radius 1 is 1.10 bits per heavy atom. The molecule has 0 aliphatic heterocycles. The molecular weight excluding hydrogens is 256 g/mol. The van der Waals surface area contributed by atoms with E-state index in [-0.39, 0.29) is 0 Å². The highest BCUT2D eigenvalue weighted by molar-refractivity contribution is 5.84. The molecule has 1 saturated carbocycles. The molecular formula is C16H22O4. The van der Waals surface area contributed by atoms with Crippen LogP contribution in [0.2, 0.25) is 0 Å². The molecule has 0 radical (unpaired) electrons. The van der Waals surface area contributed by atoms with Gasteiger partial charge in [-0.1, -0.05) is 19.3 Å². The van der Waals surface area contributed by atoms with Crippen molar-refractivity contribution < 1.29 is 19.4 Å². The van der Waals surface area contributed by atoms with E-state index >= 15 is 0 Å². The molecule has 0 atom stereocenters. The molecule has 1 fully saturated rings. The number of methoxy groups -OCH3 is 2. The fraction of sp³-hybridized carbons (Fsp3) is 0.562. The minimum atomic E-state index is -0.845. The summed E-state index contributed by atoms with van der Waals surface area (Å²) in [7, 11) is 3.19. The SMILES string of the molecule is COc1ccc(OC)c(C2(C(=O)O)CCCCC2)c1C. The first-order valence-electron chi connectivity index (χ1n) is 7.02. The molecule has 0 saturated heterocycles. The quantitative estimate of drug-likeness (QED) is 0.918. The lowest BCUT2D eigenvalue weighted by molar-refractivity contribution is -0.145. The highest BCUT2D eigenvalue weighted by Crippen LogP contribution is 2.47. The molecule has 2 rings (SSSR count). The Morgan fingerprint density at radius 3 is 2.15 bits per heavy atom. The Hall–Kier alpha value is -1.71. The second kappa shape index (κ2) is 5.73. The van der Waals surface area contributed by atoms with Crippen LogP contribution in [-0.2, 0) is 10.2 Å². The smallest absolute Gasteiger partial charge is 0.314 e. The van der Waals surface area contributed by atoms with Crippen molar-refractivity contribution in [2.24, 2.45) is 0 Å². The average molecular weight is 278 g/mol.